The van der Waals surface area contributed by atoms with Crippen LogP contribution in [0.5, 0.6) is 5.75 Å². The average Bonchev–Trinajstić information content (AvgIpc) is 2.43. The molecule has 108 valence electrons. The molecule has 0 aliphatic rings. The number of amides is 1. The predicted octanol–water partition coefficient (Wildman–Crippen LogP) is 2.58. The third-order valence-electron chi connectivity index (χ3n) is 3.09. The average molecular weight is 285 g/mol. The van der Waals surface area contributed by atoms with Gasteiger partial charge in [-0.05, 0) is 30.2 Å². The minimum atomic E-state index is -1.06. The Morgan fingerprint density at radius 2 is 1.86 bits per heavy atom. The van der Waals surface area contributed by atoms with Gasteiger partial charge in [-0.1, -0.05) is 24.3 Å². The topological polar surface area (TPSA) is 86.6 Å². The van der Waals surface area contributed by atoms with E-state index in [1.807, 2.05) is 0 Å². The number of aromatic hydroxyl groups is 1. The van der Waals surface area contributed by atoms with Crippen LogP contribution < -0.4 is 5.32 Å². The third kappa shape index (κ3) is 3.60. The van der Waals surface area contributed by atoms with Gasteiger partial charge in [0.2, 0.25) is 5.91 Å². The Bertz CT molecular complexity index is 694. The van der Waals surface area contributed by atoms with Crippen molar-refractivity contribution in [2.45, 2.75) is 13.3 Å². The summed E-state index contributed by atoms with van der Waals surface area (Å²) in [6.45, 7) is 1.75. The highest BCUT2D eigenvalue weighted by Gasteiger charge is 2.12. The first-order valence-corrected chi connectivity index (χ1v) is 6.38. The molecule has 2 aromatic carbocycles. The van der Waals surface area contributed by atoms with Gasteiger partial charge in [0.1, 0.15) is 5.75 Å². The molecule has 0 saturated heterocycles. The van der Waals surface area contributed by atoms with Crippen molar-refractivity contribution in [1.29, 1.82) is 0 Å². The molecule has 0 atom stereocenters. The Hall–Kier alpha value is -2.82. The molecule has 1 amide bonds. The summed E-state index contributed by atoms with van der Waals surface area (Å²) in [6, 6.07) is 11.2. The number of aryl methyl sites for hydroxylation is 1. The maximum Gasteiger partial charge on any atom is 0.335 e. The normalized spacial score (nSPS) is 10.1. The minimum Gasteiger partial charge on any atom is -0.508 e. The largest absolute Gasteiger partial charge is 0.508 e. The lowest BCUT2D eigenvalue weighted by molar-refractivity contribution is -0.115. The molecule has 0 spiro atoms. The number of benzene rings is 2. The van der Waals surface area contributed by atoms with Gasteiger partial charge in [-0.3, -0.25) is 4.79 Å². The lowest BCUT2D eigenvalue weighted by Crippen LogP contribution is -2.16. The Kier molecular flexibility index (Phi) is 4.23. The van der Waals surface area contributed by atoms with Crippen molar-refractivity contribution in [3.8, 4) is 5.75 Å². The number of carboxylic acids is 1. The fourth-order valence-electron chi connectivity index (χ4n) is 1.95. The summed E-state index contributed by atoms with van der Waals surface area (Å²) in [5.41, 5.74) is 1.73. The van der Waals surface area contributed by atoms with Gasteiger partial charge in [0, 0.05) is 11.8 Å². The third-order valence-corrected chi connectivity index (χ3v) is 3.09. The van der Waals surface area contributed by atoms with E-state index >= 15 is 0 Å². The molecule has 0 bridgehead atoms. The second-order valence-electron chi connectivity index (χ2n) is 4.69. The highest BCUT2D eigenvalue weighted by molar-refractivity contribution is 5.96. The fraction of sp³-hybridized carbons (Fsp3) is 0.125. The van der Waals surface area contributed by atoms with Crippen LogP contribution in [-0.2, 0) is 11.2 Å². The van der Waals surface area contributed by atoms with Gasteiger partial charge in [-0.15, -0.1) is 0 Å². The van der Waals surface area contributed by atoms with Crippen LogP contribution in [0.1, 0.15) is 21.5 Å². The van der Waals surface area contributed by atoms with Crippen molar-refractivity contribution in [3.63, 3.8) is 0 Å². The maximum absolute atomic E-state index is 12.0. The first-order chi connectivity index (χ1) is 9.97. The molecule has 5 nitrogen and oxygen atoms in total. The molecule has 21 heavy (non-hydrogen) atoms. The second-order valence-corrected chi connectivity index (χ2v) is 4.69. The lowest BCUT2D eigenvalue weighted by atomic mass is 10.0. The number of anilines is 1. The first kappa shape index (κ1) is 14.6. The maximum atomic E-state index is 12.0. The van der Waals surface area contributed by atoms with E-state index in [0.717, 1.165) is 0 Å². The molecule has 0 aromatic heterocycles. The minimum absolute atomic E-state index is 0.0445. The van der Waals surface area contributed by atoms with Crippen molar-refractivity contribution in [3.05, 3.63) is 59.2 Å². The van der Waals surface area contributed by atoms with Gasteiger partial charge >= 0.3 is 5.97 Å². The molecule has 0 radical (unpaired) electrons. The molecule has 0 unspecified atom stereocenters. The Morgan fingerprint density at radius 1 is 1.14 bits per heavy atom. The summed E-state index contributed by atoms with van der Waals surface area (Å²) < 4.78 is 0. The number of phenols is 1. The molecular weight excluding hydrogens is 270 g/mol. The fourth-order valence-corrected chi connectivity index (χ4v) is 1.95. The zero-order chi connectivity index (χ0) is 15.4. The van der Waals surface area contributed by atoms with Gasteiger partial charge in [0.15, 0.2) is 0 Å². The summed E-state index contributed by atoms with van der Waals surface area (Å²) in [4.78, 5) is 23.0. The molecule has 2 rings (SSSR count). The van der Waals surface area contributed by atoms with Crippen LogP contribution >= 0.6 is 0 Å². The van der Waals surface area contributed by atoms with Crippen LogP contribution in [0, 0.1) is 6.92 Å². The predicted molar refractivity (Wildman–Crippen MR) is 78.6 cm³/mol. The van der Waals surface area contributed by atoms with Gasteiger partial charge < -0.3 is 15.5 Å². The molecule has 5 heteroatoms. The second kappa shape index (κ2) is 6.09. The highest BCUT2D eigenvalue weighted by Crippen LogP contribution is 2.21. The summed E-state index contributed by atoms with van der Waals surface area (Å²) in [7, 11) is 0. The van der Waals surface area contributed by atoms with Crippen molar-refractivity contribution >= 4 is 17.6 Å². The van der Waals surface area contributed by atoms with E-state index in [2.05, 4.69) is 5.32 Å². The van der Waals surface area contributed by atoms with E-state index in [-0.39, 0.29) is 23.6 Å². The van der Waals surface area contributed by atoms with Crippen molar-refractivity contribution in [1.82, 2.24) is 0 Å². The number of phenolic OH excluding ortho intramolecular Hbond substituents is 1. The number of carboxylic acid groups (broad SMARTS) is 1. The SMILES string of the molecule is Cc1ccc(NC(=O)Cc2ccccc2C(=O)O)cc1O. The monoisotopic (exact) mass is 285 g/mol. The summed E-state index contributed by atoms with van der Waals surface area (Å²) >= 11 is 0. The molecule has 0 aliphatic heterocycles. The molecule has 0 fully saturated rings. The summed E-state index contributed by atoms with van der Waals surface area (Å²) in [6.07, 6.45) is -0.0445. The molecule has 0 saturated carbocycles. The number of carbonyl (C=O) groups is 2. The molecule has 3 N–H and O–H groups in total. The number of hydrogen-bond donors (Lipinski definition) is 3. The molecule has 0 heterocycles. The van der Waals surface area contributed by atoms with E-state index in [0.29, 0.717) is 16.8 Å². The number of nitrogens with one attached hydrogen (secondary N) is 1. The Morgan fingerprint density at radius 3 is 2.52 bits per heavy atom. The molecule has 0 aliphatic carbocycles. The summed E-state index contributed by atoms with van der Waals surface area (Å²) in [5, 5.41) is 21.3. The van der Waals surface area contributed by atoms with E-state index in [1.165, 1.54) is 12.1 Å². The van der Waals surface area contributed by atoms with Gasteiger partial charge in [-0.2, -0.15) is 0 Å². The van der Waals surface area contributed by atoms with E-state index in [9.17, 15) is 14.7 Å². The van der Waals surface area contributed by atoms with Crippen LogP contribution in [-0.4, -0.2) is 22.1 Å². The van der Waals surface area contributed by atoms with Gasteiger partial charge in [-0.25, -0.2) is 4.79 Å². The summed E-state index contributed by atoms with van der Waals surface area (Å²) in [5.74, 6) is -1.31. The van der Waals surface area contributed by atoms with Crippen LogP contribution in [0.4, 0.5) is 5.69 Å². The zero-order valence-corrected chi connectivity index (χ0v) is 11.5. The Labute approximate surface area is 121 Å². The standard InChI is InChI=1S/C16H15NO4/c1-10-6-7-12(9-14(10)18)17-15(19)8-11-4-2-3-5-13(11)16(20)21/h2-7,9,18H,8H2,1H3,(H,17,19)(H,20,21). The van der Waals surface area contributed by atoms with Crippen molar-refractivity contribution in [2.24, 2.45) is 0 Å². The van der Waals surface area contributed by atoms with Gasteiger partial charge in [0.05, 0.1) is 12.0 Å². The lowest BCUT2D eigenvalue weighted by Gasteiger charge is -2.08. The first-order valence-electron chi connectivity index (χ1n) is 6.38. The quantitative estimate of drug-likeness (QED) is 0.805. The van der Waals surface area contributed by atoms with Crippen LogP contribution in [0.2, 0.25) is 0 Å². The van der Waals surface area contributed by atoms with Crippen molar-refractivity contribution in [2.75, 3.05) is 5.32 Å². The van der Waals surface area contributed by atoms with Crippen molar-refractivity contribution < 1.29 is 19.8 Å². The smallest absolute Gasteiger partial charge is 0.335 e. The Balaban J connectivity index is 2.12. The molecule has 2 aromatic rings. The number of rotatable bonds is 4. The van der Waals surface area contributed by atoms with E-state index in [1.54, 1.807) is 37.3 Å². The highest BCUT2D eigenvalue weighted by atomic mass is 16.4. The van der Waals surface area contributed by atoms with Crippen LogP contribution in [0.25, 0.3) is 0 Å². The van der Waals surface area contributed by atoms with Crippen LogP contribution in [0.15, 0.2) is 42.5 Å². The van der Waals surface area contributed by atoms with E-state index in [4.69, 9.17) is 5.11 Å². The van der Waals surface area contributed by atoms with Gasteiger partial charge in [0.25, 0.3) is 0 Å². The zero-order valence-electron chi connectivity index (χ0n) is 11.5. The van der Waals surface area contributed by atoms with Crippen LogP contribution in [0.3, 0.4) is 0 Å². The number of aromatic carboxylic acids is 1. The molecular formula is C16H15NO4. The van der Waals surface area contributed by atoms with E-state index < -0.39 is 5.97 Å². The number of carbonyl (C=O) groups excluding carboxylic acids is 1. The number of hydrogen-bond acceptors (Lipinski definition) is 3.